The summed E-state index contributed by atoms with van der Waals surface area (Å²) in [7, 11) is 2.03. The molecule has 0 heterocycles. The minimum atomic E-state index is 0.372. The van der Waals surface area contributed by atoms with Gasteiger partial charge in [-0.1, -0.05) is 62.2 Å². The van der Waals surface area contributed by atoms with Gasteiger partial charge in [0, 0.05) is 16.5 Å². The number of halogens is 1. The van der Waals surface area contributed by atoms with Crippen LogP contribution in [-0.2, 0) is 0 Å². The van der Waals surface area contributed by atoms with Gasteiger partial charge in [0.25, 0.3) is 0 Å². The molecule has 0 aromatic heterocycles. The second-order valence-corrected chi connectivity index (χ2v) is 5.24. The van der Waals surface area contributed by atoms with Crippen molar-refractivity contribution in [2.24, 2.45) is 5.92 Å². The fourth-order valence-corrected chi connectivity index (χ4v) is 2.77. The van der Waals surface area contributed by atoms with Crippen LogP contribution in [0.15, 0.2) is 36.4 Å². The highest BCUT2D eigenvalue weighted by atomic mass is 35.5. The van der Waals surface area contributed by atoms with Crippen LogP contribution >= 0.6 is 11.6 Å². The van der Waals surface area contributed by atoms with Gasteiger partial charge >= 0.3 is 0 Å². The molecule has 2 heteroatoms. The largest absolute Gasteiger partial charge is 0.313 e. The van der Waals surface area contributed by atoms with Crippen molar-refractivity contribution in [2.45, 2.75) is 26.3 Å². The Kier molecular flexibility index (Phi) is 4.26. The first-order valence-corrected chi connectivity index (χ1v) is 6.91. The first kappa shape index (κ1) is 13.4. The summed E-state index contributed by atoms with van der Waals surface area (Å²) in [6.07, 6.45) is 1.16. The molecule has 18 heavy (non-hydrogen) atoms. The molecule has 0 saturated heterocycles. The van der Waals surface area contributed by atoms with Crippen molar-refractivity contribution in [2.75, 3.05) is 7.05 Å². The zero-order chi connectivity index (χ0) is 13.1. The van der Waals surface area contributed by atoms with Crippen molar-refractivity contribution in [1.29, 1.82) is 0 Å². The highest BCUT2D eigenvalue weighted by molar-refractivity contribution is 6.35. The third-order valence-electron chi connectivity index (χ3n) is 3.76. The number of fused-ring (bicyclic) bond motifs is 1. The van der Waals surface area contributed by atoms with E-state index in [0.29, 0.717) is 12.0 Å². The normalized spacial score (nSPS) is 14.7. The lowest BCUT2D eigenvalue weighted by Gasteiger charge is -2.24. The molecule has 0 saturated carbocycles. The monoisotopic (exact) mass is 261 g/mol. The molecule has 0 aliphatic heterocycles. The fraction of sp³-hybridized carbons (Fsp3) is 0.375. The van der Waals surface area contributed by atoms with Crippen molar-refractivity contribution in [3.8, 4) is 0 Å². The molecule has 2 unspecified atom stereocenters. The molecular weight excluding hydrogens is 242 g/mol. The molecule has 1 N–H and O–H groups in total. The van der Waals surface area contributed by atoms with Crippen LogP contribution in [0.2, 0.25) is 5.02 Å². The molecule has 0 spiro atoms. The van der Waals surface area contributed by atoms with Gasteiger partial charge in [-0.25, -0.2) is 0 Å². The number of hydrogen-bond acceptors (Lipinski definition) is 1. The van der Waals surface area contributed by atoms with Crippen molar-refractivity contribution in [3.63, 3.8) is 0 Å². The van der Waals surface area contributed by atoms with Crippen LogP contribution < -0.4 is 5.32 Å². The van der Waals surface area contributed by atoms with Gasteiger partial charge in [0.15, 0.2) is 0 Å². The maximum Gasteiger partial charge on any atom is 0.0484 e. The van der Waals surface area contributed by atoms with Gasteiger partial charge in [-0.2, -0.15) is 0 Å². The SMILES string of the molecule is CCC(C)C(NC)c1ccc(Cl)c2ccccc12. The Balaban J connectivity index is 2.60. The first-order valence-electron chi connectivity index (χ1n) is 6.53. The van der Waals surface area contributed by atoms with Crippen LogP contribution in [0.4, 0.5) is 0 Å². The van der Waals surface area contributed by atoms with Crippen LogP contribution in [0, 0.1) is 5.92 Å². The molecule has 0 amide bonds. The van der Waals surface area contributed by atoms with E-state index < -0.39 is 0 Å². The zero-order valence-electron chi connectivity index (χ0n) is 11.2. The van der Waals surface area contributed by atoms with Crippen LogP contribution in [0.3, 0.4) is 0 Å². The molecular formula is C16H20ClN. The molecule has 96 valence electrons. The van der Waals surface area contributed by atoms with E-state index in [1.165, 1.54) is 10.9 Å². The van der Waals surface area contributed by atoms with Gasteiger partial charge < -0.3 is 5.32 Å². The maximum absolute atomic E-state index is 6.27. The molecule has 2 aromatic carbocycles. The van der Waals surface area contributed by atoms with E-state index in [0.717, 1.165) is 16.8 Å². The van der Waals surface area contributed by atoms with E-state index in [2.05, 4.69) is 43.4 Å². The summed E-state index contributed by atoms with van der Waals surface area (Å²) in [5.41, 5.74) is 1.34. The Morgan fingerprint density at radius 2 is 1.78 bits per heavy atom. The number of hydrogen-bond donors (Lipinski definition) is 1. The lowest BCUT2D eigenvalue weighted by molar-refractivity contribution is 0.403. The van der Waals surface area contributed by atoms with Gasteiger partial charge in [0.2, 0.25) is 0 Å². The molecule has 2 aromatic rings. The second kappa shape index (κ2) is 5.73. The second-order valence-electron chi connectivity index (χ2n) is 4.83. The molecule has 1 nitrogen and oxygen atoms in total. The quantitative estimate of drug-likeness (QED) is 0.834. The Labute approximate surface area is 114 Å². The molecule has 0 radical (unpaired) electrons. The van der Waals surface area contributed by atoms with E-state index in [4.69, 9.17) is 11.6 Å². The summed E-state index contributed by atoms with van der Waals surface area (Å²) < 4.78 is 0. The lowest BCUT2D eigenvalue weighted by Crippen LogP contribution is -2.23. The molecule has 0 aliphatic carbocycles. The van der Waals surface area contributed by atoms with Gasteiger partial charge in [-0.15, -0.1) is 0 Å². The maximum atomic E-state index is 6.27. The summed E-state index contributed by atoms with van der Waals surface area (Å²) in [5, 5.41) is 6.66. The Hall–Kier alpha value is -1.05. The molecule has 0 aliphatic rings. The predicted octanol–water partition coefficient (Wildman–Crippen LogP) is 4.80. The third kappa shape index (κ3) is 2.38. The Morgan fingerprint density at radius 3 is 2.39 bits per heavy atom. The smallest absolute Gasteiger partial charge is 0.0484 e. The van der Waals surface area contributed by atoms with Crippen molar-refractivity contribution in [1.82, 2.24) is 5.32 Å². The van der Waals surface area contributed by atoms with Crippen LogP contribution in [0.5, 0.6) is 0 Å². The van der Waals surface area contributed by atoms with Crippen molar-refractivity contribution >= 4 is 22.4 Å². The van der Waals surface area contributed by atoms with Gasteiger partial charge in [-0.05, 0) is 30.0 Å². The summed E-state index contributed by atoms with van der Waals surface area (Å²) in [6.45, 7) is 4.51. The predicted molar refractivity (Wildman–Crippen MR) is 80.2 cm³/mol. The average molecular weight is 262 g/mol. The minimum absolute atomic E-state index is 0.372. The number of benzene rings is 2. The highest BCUT2D eigenvalue weighted by Crippen LogP contribution is 2.33. The summed E-state index contributed by atoms with van der Waals surface area (Å²) in [4.78, 5) is 0. The van der Waals surface area contributed by atoms with Gasteiger partial charge in [0.1, 0.15) is 0 Å². The number of nitrogens with one attached hydrogen (secondary N) is 1. The standard InChI is InChI=1S/C16H20ClN/c1-4-11(2)16(18-3)14-9-10-15(17)13-8-6-5-7-12(13)14/h5-11,16,18H,4H2,1-3H3. The minimum Gasteiger partial charge on any atom is -0.313 e. The molecule has 0 fully saturated rings. The summed E-state index contributed by atoms with van der Waals surface area (Å²) >= 11 is 6.27. The molecule has 2 rings (SSSR count). The van der Waals surface area contributed by atoms with Crippen LogP contribution in [-0.4, -0.2) is 7.05 Å². The Morgan fingerprint density at radius 1 is 1.11 bits per heavy atom. The molecule has 2 atom stereocenters. The molecule has 0 bridgehead atoms. The van der Waals surface area contributed by atoms with E-state index in [9.17, 15) is 0 Å². The van der Waals surface area contributed by atoms with E-state index in [1.807, 2.05) is 19.2 Å². The lowest BCUT2D eigenvalue weighted by atomic mass is 9.89. The van der Waals surface area contributed by atoms with Crippen molar-refractivity contribution in [3.05, 3.63) is 47.0 Å². The summed E-state index contributed by atoms with van der Waals surface area (Å²) in [5.74, 6) is 0.597. The summed E-state index contributed by atoms with van der Waals surface area (Å²) in [6, 6.07) is 12.9. The Bertz CT molecular complexity index is 536. The zero-order valence-corrected chi connectivity index (χ0v) is 12.0. The van der Waals surface area contributed by atoms with E-state index >= 15 is 0 Å². The van der Waals surface area contributed by atoms with Crippen LogP contribution in [0.1, 0.15) is 31.9 Å². The average Bonchev–Trinajstić information content (AvgIpc) is 2.42. The highest BCUT2D eigenvalue weighted by Gasteiger charge is 2.18. The third-order valence-corrected chi connectivity index (χ3v) is 4.09. The fourth-order valence-electron chi connectivity index (χ4n) is 2.54. The topological polar surface area (TPSA) is 12.0 Å². The van der Waals surface area contributed by atoms with Crippen LogP contribution in [0.25, 0.3) is 10.8 Å². The van der Waals surface area contributed by atoms with Crippen molar-refractivity contribution < 1.29 is 0 Å². The first-order chi connectivity index (χ1) is 8.69. The number of rotatable bonds is 4. The van der Waals surface area contributed by atoms with E-state index in [-0.39, 0.29) is 0 Å². The van der Waals surface area contributed by atoms with E-state index in [1.54, 1.807) is 0 Å². The van der Waals surface area contributed by atoms with Gasteiger partial charge in [-0.3, -0.25) is 0 Å². The van der Waals surface area contributed by atoms with Gasteiger partial charge in [0.05, 0.1) is 0 Å².